The number of hydrogen-bond acceptors (Lipinski definition) is 3. The number of carbonyl (C=O) groups is 2. The third-order valence-electron chi connectivity index (χ3n) is 3.86. The van der Waals surface area contributed by atoms with E-state index < -0.39 is 0 Å². The van der Waals surface area contributed by atoms with Crippen LogP contribution in [0.2, 0.25) is 0 Å². The van der Waals surface area contributed by atoms with Crippen molar-refractivity contribution in [1.29, 1.82) is 0 Å². The molecule has 1 aliphatic heterocycles. The molecular formula is C16H22N2O3. The number of ether oxygens (including phenoxy) is 1. The van der Waals surface area contributed by atoms with Crippen molar-refractivity contribution in [2.75, 3.05) is 18.6 Å². The van der Waals surface area contributed by atoms with E-state index in [2.05, 4.69) is 5.32 Å². The van der Waals surface area contributed by atoms with E-state index >= 15 is 0 Å². The first-order valence-corrected chi connectivity index (χ1v) is 7.30. The standard InChI is InChI=1S/C16H22N2O3/c1-4-11(2)17-16(20)12-8-15(19)18(10-12)13-6-5-7-14(9-13)21-3/h5-7,9,11-12H,4,8,10H2,1-3H3,(H,17,20). The van der Waals surface area contributed by atoms with Crippen LogP contribution in [0.1, 0.15) is 26.7 Å². The minimum absolute atomic E-state index is 0.0208. The van der Waals surface area contributed by atoms with Gasteiger partial charge in [-0.05, 0) is 25.5 Å². The molecule has 1 heterocycles. The van der Waals surface area contributed by atoms with Crippen LogP contribution in [0.25, 0.3) is 0 Å². The van der Waals surface area contributed by atoms with Crippen molar-refractivity contribution in [2.45, 2.75) is 32.7 Å². The Bertz CT molecular complexity index is 530. The number of carbonyl (C=O) groups excluding carboxylic acids is 2. The molecular weight excluding hydrogens is 268 g/mol. The highest BCUT2D eigenvalue weighted by Crippen LogP contribution is 2.28. The van der Waals surface area contributed by atoms with Crippen LogP contribution in [0.15, 0.2) is 24.3 Å². The monoisotopic (exact) mass is 290 g/mol. The number of rotatable bonds is 5. The summed E-state index contributed by atoms with van der Waals surface area (Å²) in [5, 5.41) is 2.94. The average Bonchev–Trinajstić information content (AvgIpc) is 2.89. The van der Waals surface area contributed by atoms with Crippen molar-refractivity contribution in [3.8, 4) is 5.75 Å². The molecule has 0 spiro atoms. The van der Waals surface area contributed by atoms with E-state index in [9.17, 15) is 9.59 Å². The van der Waals surface area contributed by atoms with Gasteiger partial charge in [0.25, 0.3) is 0 Å². The molecule has 2 rings (SSSR count). The van der Waals surface area contributed by atoms with Crippen molar-refractivity contribution in [2.24, 2.45) is 5.92 Å². The molecule has 1 aromatic rings. The summed E-state index contributed by atoms with van der Waals surface area (Å²) in [4.78, 5) is 26.0. The first kappa shape index (κ1) is 15.4. The topological polar surface area (TPSA) is 58.6 Å². The lowest BCUT2D eigenvalue weighted by atomic mass is 10.1. The van der Waals surface area contributed by atoms with Crippen LogP contribution >= 0.6 is 0 Å². The number of nitrogens with one attached hydrogen (secondary N) is 1. The maximum atomic E-state index is 12.1. The second-order valence-corrected chi connectivity index (χ2v) is 5.42. The highest BCUT2D eigenvalue weighted by Gasteiger charge is 2.35. The van der Waals surface area contributed by atoms with Crippen molar-refractivity contribution in [1.82, 2.24) is 5.32 Å². The molecule has 1 fully saturated rings. The molecule has 2 amide bonds. The Kier molecular flexibility index (Phi) is 4.83. The summed E-state index contributed by atoms with van der Waals surface area (Å²) in [5.41, 5.74) is 0.776. The largest absolute Gasteiger partial charge is 0.497 e. The second-order valence-electron chi connectivity index (χ2n) is 5.42. The predicted octanol–water partition coefficient (Wildman–Crippen LogP) is 1.96. The fourth-order valence-electron chi connectivity index (χ4n) is 2.37. The van der Waals surface area contributed by atoms with Crippen LogP contribution in [-0.4, -0.2) is 31.5 Å². The van der Waals surface area contributed by atoms with Gasteiger partial charge >= 0.3 is 0 Å². The van der Waals surface area contributed by atoms with Gasteiger partial charge in [-0.25, -0.2) is 0 Å². The van der Waals surface area contributed by atoms with Gasteiger partial charge in [0.15, 0.2) is 0 Å². The number of hydrogen-bond donors (Lipinski definition) is 1. The van der Waals surface area contributed by atoms with E-state index in [-0.39, 0.29) is 30.2 Å². The molecule has 0 aromatic heterocycles. The number of nitrogens with zero attached hydrogens (tertiary/aromatic N) is 1. The molecule has 1 aromatic carbocycles. The third kappa shape index (κ3) is 3.54. The first-order chi connectivity index (χ1) is 10.0. The van der Waals surface area contributed by atoms with E-state index in [1.165, 1.54) is 0 Å². The van der Waals surface area contributed by atoms with Crippen molar-refractivity contribution in [3.63, 3.8) is 0 Å². The summed E-state index contributed by atoms with van der Waals surface area (Å²) in [7, 11) is 1.59. The summed E-state index contributed by atoms with van der Waals surface area (Å²) < 4.78 is 5.17. The summed E-state index contributed by atoms with van der Waals surface area (Å²) in [6, 6.07) is 7.48. The molecule has 2 unspecified atom stereocenters. The minimum Gasteiger partial charge on any atom is -0.497 e. The zero-order valence-corrected chi connectivity index (χ0v) is 12.8. The van der Waals surface area contributed by atoms with Crippen LogP contribution in [0, 0.1) is 5.92 Å². The molecule has 0 saturated carbocycles. The second kappa shape index (κ2) is 6.61. The Hall–Kier alpha value is -2.04. The number of amides is 2. The highest BCUT2D eigenvalue weighted by atomic mass is 16.5. The first-order valence-electron chi connectivity index (χ1n) is 7.30. The normalized spacial score (nSPS) is 19.5. The molecule has 5 heteroatoms. The average molecular weight is 290 g/mol. The Morgan fingerprint density at radius 1 is 1.52 bits per heavy atom. The van der Waals surface area contributed by atoms with Crippen LogP contribution in [-0.2, 0) is 9.59 Å². The fourth-order valence-corrected chi connectivity index (χ4v) is 2.37. The minimum atomic E-state index is -0.280. The van der Waals surface area contributed by atoms with Crippen LogP contribution < -0.4 is 15.0 Å². The quantitative estimate of drug-likeness (QED) is 0.902. The highest BCUT2D eigenvalue weighted by molar-refractivity contribution is 6.00. The smallest absolute Gasteiger partial charge is 0.227 e. The molecule has 0 radical (unpaired) electrons. The van der Waals surface area contributed by atoms with E-state index in [4.69, 9.17) is 4.74 Å². The van der Waals surface area contributed by atoms with Gasteiger partial charge in [0.1, 0.15) is 5.75 Å². The van der Waals surface area contributed by atoms with Gasteiger partial charge in [-0.1, -0.05) is 13.0 Å². The third-order valence-corrected chi connectivity index (χ3v) is 3.86. The molecule has 1 saturated heterocycles. The Balaban J connectivity index is 2.07. The maximum absolute atomic E-state index is 12.1. The lowest BCUT2D eigenvalue weighted by Crippen LogP contribution is -2.38. The Morgan fingerprint density at radius 3 is 2.95 bits per heavy atom. The zero-order valence-electron chi connectivity index (χ0n) is 12.8. The van der Waals surface area contributed by atoms with E-state index in [0.717, 1.165) is 12.1 Å². The van der Waals surface area contributed by atoms with Crippen LogP contribution in [0.3, 0.4) is 0 Å². The molecule has 114 valence electrons. The van der Waals surface area contributed by atoms with Gasteiger partial charge in [-0.15, -0.1) is 0 Å². The predicted molar refractivity (Wildman–Crippen MR) is 81.3 cm³/mol. The molecule has 1 N–H and O–H groups in total. The Labute approximate surface area is 125 Å². The summed E-state index contributed by atoms with van der Waals surface area (Å²) in [5.74, 6) is 0.362. The zero-order chi connectivity index (χ0) is 15.4. The van der Waals surface area contributed by atoms with Gasteiger partial charge < -0.3 is 15.0 Å². The number of anilines is 1. The van der Waals surface area contributed by atoms with Crippen LogP contribution in [0.4, 0.5) is 5.69 Å². The molecule has 5 nitrogen and oxygen atoms in total. The SMILES string of the molecule is CCC(C)NC(=O)C1CC(=O)N(c2cccc(OC)c2)C1. The molecule has 2 atom stereocenters. The summed E-state index contributed by atoms with van der Waals surface area (Å²) in [6.07, 6.45) is 1.14. The molecule has 0 bridgehead atoms. The summed E-state index contributed by atoms with van der Waals surface area (Å²) in [6.45, 7) is 4.41. The van der Waals surface area contributed by atoms with Crippen molar-refractivity contribution >= 4 is 17.5 Å². The van der Waals surface area contributed by atoms with Gasteiger partial charge in [0.05, 0.1) is 13.0 Å². The van der Waals surface area contributed by atoms with Gasteiger partial charge in [0, 0.05) is 30.8 Å². The van der Waals surface area contributed by atoms with Gasteiger partial charge in [-0.3, -0.25) is 9.59 Å². The molecule has 0 aliphatic carbocycles. The number of benzene rings is 1. The van der Waals surface area contributed by atoms with Crippen molar-refractivity contribution < 1.29 is 14.3 Å². The van der Waals surface area contributed by atoms with Crippen LogP contribution in [0.5, 0.6) is 5.75 Å². The van der Waals surface area contributed by atoms with Gasteiger partial charge in [-0.2, -0.15) is 0 Å². The lowest BCUT2D eigenvalue weighted by molar-refractivity contribution is -0.126. The molecule has 21 heavy (non-hydrogen) atoms. The van der Waals surface area contributed by atoms with Gasteiger partial charge in [0.2, 0.25) is 11.8 Å². The van der Waals surface area contributed by atoms with E-state index in [1.54, 1.807) is 12.0 Å². The summed E-state index contributed by atoms with van der Waals surface area (Å²) >= 11 is 0. The maximum Gasteiger partial charge on any atom is 0.227 e. The van der Waals surface area contributed by atoms with E-state index in [0.29, 0.717) is 12.3 Å². The number of methoxy groups -OCH3 is 1. The Morgan fingerprint density at radius 2 is 2.29 bits per heavy atom. The molecule has 1 aliphatic rings. The van der Waals surface area contributed by atoms with E-state index in [1.807, 2.05) is 38.1 Å². The fraction of sp³-hybridized carbons (Fsp3) is 0.500. The van der Waals surface area contributed by atoms with Crippen molar-refractivity contribution in [3.05, 3.63) is 24.3 Å². The lowest BCUT2D eigenvalue weighted by Gasteiger charge is -2.18.